The highest BCUT2D eigenvalue weighted by molar-refractivity contribution is 5.27. The molecule has 0 saturated heterocycles. The molecule has 0 heterocycles. The Bertz CT molecular complexity index is 375. The first-order valence-electron chi connectivity index (χ1n) is 7.28. The minimum Gasteiger partial charge on any atom is -0.491 e. The number of rotatable bonds is 6. The second-order valence-electron chi connectivity index (χ2n) is 5.77. The number of hydrogen-bond acceptors (Lipinski definition) is 3. The summed E-state index contributed by atoms with van der Waals surface area (Å²) in [5.74, 6) is 1.57. The predicted molar refractivity (Wildman–Crippen MR) is 77.3 cm³/mol. The van der Waals surface area contributed by atoms with Crippen molar-refractivity contribution in [3.8, 4) is 5.75 Å². The molecule has 1 aliphatic carbocycles. The molecule has 0 amide bonds. The van der Waals surface area contributed by atoms with Gasteiger partial charge in [0, 0.05) is 6.54 Å². The average Bonchev–Trinajstić information content (AvgIpc) is 2.77. The van der Waals surface area contributed by atoms with E-state index in [0.29, 0.717) is 5.92 Å². The summed E-state index contributed by atoms with van der Waals surface area (Å²) < 4.78 is 5.62. The molecule has 0 radical (unpaired) electrons. The predicted octanol–water partition coefficient (Wildman–Crippen LogP) is 2.72. The van der Waals surface area contributed by atoms with Crippen LogP contribution in [-0.2, 0) is 6.54 Å². The van der Waals surface area contributed by atoms with Gasteiger partial charge < -0.3 is 15.2 Å². The molecular formula is C16H25NO2. The van der Waals surface area contributed by atoms with Crippen LogP contribution in [0.4, 0.5) is 0 Å². The maximum atomic E-state index is 9.48. The third kappa shape index (κ3) is 4.84. The summed E-state index contributed by atoms with van der Waals surface area (Å²) in [6.45, 7) is 5.95. The second kappa shape index (κ2) is 6.92. The van der Waals surface area contributed by atoms with Gasteiger partial charge in [-0.05, 0) is 63.3 Å². The Kier molecular flexibility index (Phi) is 5.23. The van der Waals surface area contributed by atoms with Gasteiger partial charge in [0.2, 0.25) is 0 Å². The van der Waals surface area contributed by atoms with Gasteiger partial charge in [-0.25, -0.2) is 0 Å². The molecule has 2 rings (SSSR count). The van der Waals surface area contributed by atoms with E-state index >= 15 is 0 Å². The van der Waals surface area contributed by atoms with E-state index in [-0.39, 0.29) is 12.2 Å². The molecule has 0 aliphatic heterocycles. The number of hydrogen-bond donors (Lipinski definition) is 2. The molecule has 0 bridgehead atoms. The van der Waals surface area contributed by atoms with Gasteiger partial charge in [-0.2, -0.15) is 0 Å². The lowest BCUT2D eigenvalue weighted by molar-refractivity contribution is 0.177. The second-order valence-corrected chi connectivity index (χ2v) is 5.77. The maximum Gasteiger partial charge on any atom is 0.119 e. The molecule has 0 spiro atoms. The Morgan fingerprint density at radius 3 is 2.58 bits per heavy atom. The number of aliphatic hydroxyl groups is 1. The number of aliphatic hydroxyl groups excluding tert-OH is 1. The van der Waals surface area contributed by atoms with Crippen LogP contribution in [0.25, 0.3) is 0 Å². The summed E-state index contributed by atoms with van der Waals surface area (Å²) in [5, 5.41) is 12.9. The molecule has 1 aliphatic rings. The van der Waals surface area contributed by atoms with Gasteiger partial charge in [0.25, 0.3) is 0 Å². The Morgan fingerprint density at radius 2 is 2.00 bits per heavy atom. The van der Waals surface area contributed by atoms with Crippen LogP contribution in [-0.4, -0.2) is 23.9 Å². The number of benzene rings is 1. The van der Waals surface area contributed by atoms with E-state index in [9.17, 15) is 5.11 Å². The smallest absolute Gasteiger partial charge is 0.119 e. The van der Waals surface area contributed by atoms with Gasteiger partial charge in [-0.1, -0.05) is 12.1 Å². The molecule has 19 heavy (non-hydrogen) atoms. The molecule has 2 unspecified atom stereocenters. The van der Waals surface area contributed by atoms with Gasteiger partial charge in [-0.3, -0.25) is 0 Å². The van der Waals surface area contributed by atoms with Crippen LogP contribution < -0.4 is 10.1 Å². The first-order chi connectivity index (χ1) is 9.13. The largest absolute Gasteiger partial charge is 0.491 e. The van der Waals surface area contributed by atoms with Crippen molar-refractivity contribution >= 4 is 0 Å². The molecule has 3 heteroatoms. The quantitative estimate of drug-likeness (QED) is 0.829. The first-order valence-corrected chi connectivity index (χ1v) is 7.28. The highest BCUT2D eigenvalue weighted by Crippen LogP contribution is 2.24. The summed E-state index contributed by atoms with van der Waals surface area (Å²) >= 11 is 0. The van der Waals surface area contributed by atoms with E-state index in [1.54, 1.807) is 0 Å². The Labute approximate surface area is 116 Å². The summed E-state index contributed by atoms with van der Waals surface area (Å²) in [7, 11) is 0. The van der Waals surface area contributed by atoms with Crippen molar-refractivity contribution in [1.29, 1.82) is 0 Å². The van der Waals surface area contributed by atoms with Crippen molar-refractivity contribution in [3.05, 3.63) is 29.8 Å². The van der Waals surface area contributed by atoms with E-state index in [1.165, 1.54) is 5.56 Å². The van der Waals surface area contributed by atoms with E-state index in [2.05, 4.69) is 17.4 Å². The zero-order valence-corrected chi connectivity index (χ0v) is 11.9. The lowest BCUT2D eigenvalue weighted by Crippen LogP contribution is -2.21. The molecule has 2 atom stereocenters. The van der Waals surface area contributed by atoms with Crippen LogP contribution in [0, 0.1) is 5.92 Å². The fourth-order valence-electron chi connectivity index (χ4n) is 2.61. The fraction of sp³-hybridized carbons (Fsp3) is 0.625. The van der Waals surface area contributed by atoms with Gasteiger partial charge >= 0.3 is 0 Å². The molecule has 106 valence electrons. The molecule has 1 fully saturated rings. The van der Waals surface area contributed by atoms with E-state index in [0.717, 1.165) is 38.1 Å². The Hall–Kier alpha value is -1.06. The van der Waals surface area contributed by atoms with E-state index in [4.69, 9.17) is 4.74 Å². The highest BCUT2D eigenvalue weighted by atomic mass is 16.5. The standard InChI is InChI=1S/C16H25NO2/c1-12(2)19-16-7-4-13(5-8-16)10-17-11-14-3-6-15(18)9-14/h4-5,7-8,12,14-15,17-18H,3,6,9-11H2,1-2H3. The van der Waals surface area contributed by atoms with Gasteiger partial charge in [0.05, 0.1) is 12.2 Å². The van der Waals surface area contributed by atoms with Crippen LogP contribution in [0.3, 0.4) is 0 Å². The highest BCUT2D eigenvalue weighted by Gasteiger charge is 2.21. The number of ether oxygens (including phenoxy) is 1. The Balaban J connectivity index is 1.71. The van der Waals surface area contributed by atoms with Crippen molar-refractivity contribution in [2.45, 2.75) is 51.9 Å². The van der Waals surface area contributed by atoms with Crippen molar-refractivity contribution in [2.24, 2.45) is 5.92 Å². The zero-order chi connectivity index (χ0) is 13.7. The van der Waals surface area contributed by atoms with E-state index in [1.807, 2.05) is 26.0 Å². The van der Waals surface area contributed by atoms with Crippen LogP contribution in [0.5, 0.6) is 5.75 Å². The fourth-order valence-corrected chi connectivity index (χ4v) is 2.61. The lowest BCUT2D eigenvalue weighted by Gasteiger charge is -2.12. The van der Waals surface area contributed by atoms with Crippen LogP contribution in [0.15, 0.2) is 24.3 Å². The molecule has 1 saturated carbocycles. The van der Waals surface area contributed by atoms with Crippen LogP contribution in [0.1, 0.15) is 38.7 Å². The van der Waals surface area contributed by atoms with Gasteiger partial charge in [0.1, 0.15) is 5.75 Å². The summed E-state index contributed by atoms with van der Waals surface area (Å²) in [4.78, 5) is 0. The molecule has 1 aromatic carbocycles. The molecule has 3 nitrogen and oxygen atoms in total. The molecule has 2 N–H and O–H groups in total. The molecular weight excluding hydrogens is 238 g/mol. The van der Waals surface area contributed by atoms with Gasteiger partial charge in [0.15, 0.2) is 0 Å². The van der Waals surface area contributed by atoms with Crippen molar-refractivity contribution in [3.63, 3.8) is 0 Å². The molecule has 0 aromatic heterocycles. The SMILES string of the molecule is CC(C)Oc1ccc(CNCC2CCC(O)C2)cc1. The number of nitrogens with one attached hydrogen (secondary N) is 1. The van der Waals surface area contributed by atoms with Crippen LogP contribution in [0.2, 0.25) is 0 Å². The van der Waals surface area contributed by atoms with Gasteiger partial charge in [-0.15, -0.1) is 0 Å². The van der Waals surface area contributed by atoms with Crippen molar-refractivity contribution in [2.75, 3.05) is 6.54 Å². The normalized spacial score (nSPS) is 22.9. The lowest BCUT2D eigenvalue weighted by atomic mass is 10.1. The topological polar surface area (TPSA) is 41.5 Å². The third-order valence-corrected chi connectivity index (χ3v) is 3.57. The summed E-state index contributed by atoms with van der Waals surface area (Å²) in [6.07, 6.45) is 3.22. The Morgan fingerprint density at radius 1 is 1.26 bits per heavy atom. The van der Waals surface area contributed by atoms with Crippen molar-refractivity contribution < 1.29 is 9.84 Å². The summed E-state index contributed by atoms with van der Waals surface area (Å²) in [5.41, 5.74) is 1.27. The average molecular weight is 263 g/mol. The zero-order valence-electron chi connectivity index (χ0n) is 11.9. The monoisotopic (exact) mass is 263 g/mol. The first kappa shape index (κ1) is 14.4. The summed E-state index contributed by atoms with van der Waals surface area (Å²) in [6, 6.07) is 8.26. The van der Waals surface area contributed by atoms with Crippen molar-refractivity contribution in [1.82, 2.24) is 5.32 Å². The maximum absolute atomic E-state index is 9.48. The minimum absolute atomic E-state index is 0.0701. The molecule has 1 aromatic rings. The van der Waals surface area contributed by atoms with E-state index < -0.39 is 0 Å². The van der Waals surface area contributed by atoms with Crippen LogP contribution >= 0.6 is 0 Å². The third-order valence-electron chi connectivity index (χ3n) is 3.57. The minimum atomic E-state index is -0.0701.